The van der Waals surface area contributed by atoms with Gasteiger partial charge in [-0.1, -0.05) is 54.1 Å². The lowest BCUT2D eigenvalue weighted by atomic mass is 10.1. The Bertz CT molecular complexity index is 1300. The lowest BCUT2D eigenvalue weighted by Gasteiger charge is -2.23. The van der Waals surface area contributed by atoms with E-state index >= 15 is 0 Å². The fourth-order valence-electron chi connectivity index (χ4n) is 3.37. The number of rotatable bonds is 8. The Balaban J connectivity index is 1.61. The van der Waals surface area contributed by atoms with Crippen molar-refractivity contribution in [1.82, 2.24) is 10.3 Å². The fourth-order valence-corrected chi connectivity index (χ4v) is 4.22. The van der Waals surface area contributed by atoms with Crippen molar-refractivity contribution in [2.24, 2.45) is 0 Å². The summed E-state index contributed by atoms with van der Waals surface area (Å²) in [4.78, 5) is 29.3. The van der Waals surface area contributed by atoms with E-state index in [4.69, 9.17) is 10.1 Å². The highest BCUT2D eigenvalue weighted by Crippen LogP contribution is 2.34. The number of nitrogens with one attached hydrogen (secondary N) is 1. The number of aryl methyl sites for hydroxylation is 1. The zero-order valence-corrected chi connectivity index (χ0v) is 19.2. The van der Waals surface area contributed by atoms with Gasteiger partial charge in [0.15, 0.2) is 5.13 Å². The summed E-state index contributed by atoms with van der Waals surface area (Å²) < 4.78 is 14.8. The number of carboxylic acid groups (broad SMARTS) is 1. The molecule has 0 fully saturated rings. The van der Waals surface area contributed by atoms with E-state index in [1.54, 1.807) is 47.4 Å². The summed E-state index contributed by atoms with van der Waals surface area (Å²) in [6.45, 7) is 1.91. The number of halogens is 1. The van der Waals surface area contributed by atoms with Crippen molar-refractivity contribution in [3.05, 3.63) is 101 Å². The van der Waals surface area contributed by atoms with Crippen molar-refractivity contribution in [3.8, 4) is 11.3 Å². The van der Waals surface area contributed by atoms with Crippen LogP contribution >= 0.6 is 11.3 Å². The Morgan fingerprint density at radius 2 is 1.74 bits per heavy atom. The number of aliphatic carboxylic acids is 1. The van der Waals surface area contributed by atoms with Gasteiger partial charge in [0.1, 0.15) is 12.4 Å². The van der Waals surface area contributed by atoms with E-state index in [2.05, 4.69) is 5.32 Å². The Kier molecular flexibility index (Phi) is 6.98. The number of anilines is 2. The molecule has 0 saturated carbocycles. The van der Waals surface area contributed by atoms with Gasteiger partial charge in [0.2, 0.25) is 0 Å². The number of benzene rings is 3. The van der Waals surface area contributed by atoms with Gasteiger partial charge in [0.05, 0.1) is 17.9 Å². The van der Waals surface area contributed by atoms with E-state index in [0.717, 1.165) is 22.4 Å². The number of amides is 1. The summed E-state index contributed by atoms with van der Waals surface area (Å²) in [7, 11) is 0. The van der Waals surface area contributed by atoms with Gasteiger partial charge in [0.25, 0.3) is 5.91 Å². The molecule has 3 aromatic carbocycles. The number of nitrogens with zero attached hydrogens (tertiary/aromatic N) is 2. The molecule has 0 bridgehead atoms. The zero-order chi connectivity index (χ0) is 24.1. The van der Waals surface area contributed by atoms with Crippen molar-refractivity contribution in [2.75, 3.05) is 11.4 Å². The van der Waals surface area contributed by atoms with E-state index < -0.39 is 18.4 Å². The van der Waals surface area contributed by atoms with Crippen LogP contribution in [0.15, 0.2) is 78.2 Å². The number of thiazole rings is 1. The molecule has 0 aliphatic rings. The SMILES string of the molecule is Cc1ccc(-c2csc(N(Cc3ccc(C(=O)NCC(=O)O)cc3)c3ccccc3F)n2)cc1. The van der Waals surface area contributed by atoms with Gasteiger partial charge in [-0.15, -0.1) is 11.3 Å². The predicted molar refractivity (Wildman–Crippen MR) is 131 cm³/mol. The molecule has 4 aromatic rings. The topological polar surface area (TPSA) is 82.5 Å². The Morgan fingerprint density at radius 1 is 1.03 bits per heavy atom. The van der Waals surface area contributed by atoms with E-state index in [1.165, 1.54) is 17.4 Å². The molecule has 34 heavy (non-hydrogen) atoms. The maximum atomic E-state index is 14.8. The Morgan fingerprint density at radius 3 is 2.41 bits per heavy atom. The van der Waals surface area contributed by atoms with E-state index in [-0.39, 0.29) is 5.82 Å². The van der Waals surface area contributed by atoms with Crippen molar-refractivity contribution in [2.45, 2.75) is 13.5 Å². The molecule has 8 heteroatoms. The number of aromatic nitrogens is 1. The fraction of sp³-hybridized carbons (Fsp3) is 0.115. The Labute approximate surface area is 200 Å². The molecule has 0 radical (unpaired) electrons. The molecule has 0 aliphatic carbocycles. The first-order valence-corrected chi connectivity index (χ1v) is 11.4. The van der Waals surface area contributed by atoms with Crippen LogP contribution in [0.2, 0.25) is 0 Å². The first-order valence-electron chi connectivity index (χ1n) is 10.5. The van der Waals surface area contributed by atoms with E-state index in [1.807, 2.05) is 36.6 Å². The molecular weight excluding hydrogens is 453 g/mol. The molecule has 0 aliphatic heterocycles. The van der Waals surface area contributed by atoms with Crippen molar-refractivity contribution in [3.63, 3.8) is 0 Å². The number of para-hydroxylation sites is 1. The summed E-state index contributed by atoms with van der Waals surface area (Å²) in [5.41, 5.74) is 4.54. The van der Waals surface area contributed by atoms with Crippen molar-refractivity contribution >= 4 is 34.0 Å². The van der Waals surface area contributed by atoms with Crippen LogP contribution in [0.25, 0.3) is 11.3 Å². The minimum atomic E-state index is -1.11. The molecule has 2 N–H and O–H groups in total. The van der Waals surface area contributed by atoms with Crippen LogP contribution in [0.1, 0.15) is 21.5 Å². The van der Waals surface area contributed by atoms with E-state index in [0.29, 0.717) is 22.9 Å². The first kappa shape index (κ1) is 23.1. The number of hydrogen-bond donors (Lipinski definition) is 2. The summed E-state index contributed by atoms with van der Waals surface area (Å²) >= 11 is 1.43. The monoisotopic (exact) mass is 475 g/mol. The minimum Gasteiger partial charge on any atom is -0.480 e. The van der Waals surface area contributed by atoms with Gasteiger partial charge in [-0.05, 0) is 36.8 Å². The molecule has 0 unspecified atom stereocenters. The highest BCUT2D eigenvalue weighted by Gasteiger charge is 2.18. The molecule has 0 atom stereocenters. The third-order valence-electron chi connectivity index (χ3n) is 5.17. The molecule has 1 amide bonds. The van der Waals surface area contributed by atoms with Crippen LogP contribution in [0.3, 0.4) is 0 Å². The normalized spacial score (nSPS) is 10.6. The molecule has 1 aromatic heterocycles. The standard InChI is InChI=1S/C26H22FN3O3S/c1-17-6-10-19(11-7-17)22-16-34-26(29-22)30(23-5-3-2-4-21(23)27)15-18-8-12-20(13-9-18)25(33)28-14-24(31)32/h2-13,16H,14-15H2,1H3,(H,28,33)(H,31,32). The van der Waals surface area contributed by atoms with Gasteiger partial charge in [0, 0.05) is 16.5 Å². The van der Waals surface area contributed by atoms with Gasteiger partial charge in [-0.3, -0.25) is 9.59 Å². The van der Waals surface area contributed by atoms with Gasteiger partial charge in [-0.25, -0.2) is 9.37 Å². The highest BCUT2D eigenvalue weighted by atomic mass is 32.1. The largest absolute Gasteiger partial charge is 0.480 e. The third-order valence-corrected chi connectivity index (χ3v) is 6.03. The molecule has 4 rings (SSSR count). The lowest BCUT2D eigenvalue weighted by molar-refractivity contribution is -0.135. The predicted octanol–water partition coefficient (Wildman–Crippen LogP) is 5.41. The maximum absolute atomic E-state index is 14.8. The van der Waals surface area contributed by atoms with Gasteiger partial charge < -0.3 is 15.3 Å². The Hall–Kier alpha value is -4.04. The summed E-state index contributed by atoms with van der Waals surface area (Å²) in [5, 5.41) is 13.6. The average Bonchev–Trinajstić information content (AvgIpc) is 3.32. The zero-order valence-electron chi connectivity index (χ0n) is 18.4. The molecule has 0 saturated heterocycles. The van der Waals surface area contributed by atoms with Crippen LogP contribution in [0, 0.1) is 12.7 Å². The number of hydrogen-bond acceptors (Lipinski definition) is 5. The average molecular weight is 476 g/mol. The van der Waals surface area contributed by atoms with Gasteiger partial charge >= 0.3 is 5.97 Å². The second-order valence-corrected chi connectivity index (χ2v) is 8.53. The van der Waals surface area contributed by atoms with Crippen molar-refractivity contribution in [1.29, 1.82) is 0 Å². The molecule has 0 spiro atoms. The molecule has 6 nitrogen and oxygen atoms in total. The summed E-state index contributed by atoms with van der Waals surface area (Å²) in [6.07, 6.45) is 0. The van der Waals surface area contributed by atoms with Crippen LogP contribution in [0.5, 0.6) is 0 Å². The van der Waals surface area contributed by atoms with Gasteiger partial charge in [-0.2, -0.15) is 0 Å². The minimum absolute atomic E-state index is 0.332. The highest BCUT2D eigenvalue weighted by molar-refractivity contribution is 7.14. The number of carbonyl (C=O) groups is 2. The summed E-state index contributed by atoms with van der Waals surface area (Å²) in [6, 6.07) is 21.4. The second kappa shape index (κ2) is 10.3. The van der Waals surface area contributed by atoms with E-state index in [9.17, 15) is 14.0 Å². The van der Waals surface area contributed by atoms with Crippen LogP contribution in [-0.2, 0) is 11.3 Å². The maximum Gasteiger partial charge on any atom is 0.322 e. The number of carboxylic acids is 1. The summed E-state index contributed by atoms with van der Waals surface area (Å²) in [5.74, 6) is -1.94. The van der Waals surface area contributed by atoms with Crippen LogP contribution in [0.4, 0.5) is 15.2 Å². The quantitative estimate of drug-likeness (QED) is 0.356. The van der Waals surface area contributed by atoms with Crippen LogP contribution in [-0.4, -0.2) is 28.5 Å². The smallest absolute Gasteiger partial charge is 0.322 e. The lowest BCUT2D eigenvalue weighted by Crippen LogP contribution is -2.29. The molecular formula is C26H22FN3O3S. The molecule has 172 valence electrons. The third kappa shape index (κ3) is 5.47. The van der Waals surface area contributed by atoms with Crippen LogP contribution < -0.4 is 10.2 Å². The molecule has 1 heterocycles. The van der Waals surface area contributed by atoms with Crippen molar-refractivity contribution < 1.29 is 19.1 Å². The number of carbonyl (C=O) groups excluding carboxylic acids is 1. The second-order valence-electron chi connectivity index (χ2n) is 7.69. The first-order chi connectivity index (χ1) is 16.4.